The number of nitrogens with one attached hydrogen (secondary N) is 2. The first-order valence-corrected chi connectivity index (χ1v) is 7.96. The smallest absolute Gasteiger partial charge is 0.227 e. The van der Waals surface area contributed by atoms with Crippen LogP contribution in [-0.2, 0) is 9.53 Å². The summed E-state index contributed by atoms with van der Waals surface area (Å²) in [5, 5.41) is 6.52. The Morgan fingerprint density at radius 3 is 2.38 bits per heavy atom. The fourth-order valence-corrected chi connectivity index (χ4v) is 3.00. The largest absolute Gasteiger partial charge is 0.380 e. The Kier molecular flexibility index (Phi) is 4.44. The first-order valence-electron chi connectivity index (χ1n) is 7.96. The molecule has 0 spiro atoms. The van der Waals surface area contributed by atoms with Crippen molar-refractivity contribution in [3.63, 3.8) is 0 Å². The summed E-state index contributed by atoms with van der Waals surface area (Å²) in [6.45, 7) is 0. The van der Waals surface area contributed by atoms with E-state index in [1.165, 1.54) is 12.8 Å². The van der Waals surface area contributed by atoms with Crippen molar-refractivity contribution in [1.82, 2.24) is 0 Å². The van der Waals surface area contributed by atoms with E-state index in [1.807, 2.05) is 24.3 Å². The van der Waals surface area contributed by atoms with Crippen LogP contribution in [0.4, 0.5) is 11.4 Å². The van der Waals surface area contributed by atoms with Gasteiger partial charge in [-0.05, 0) is 49.9 Å². The Morgan fingerprint density at radius 1 is 1.05 bits per heavy atom. The number of hydrogen-bond donors (Lipinski definition) is 2. The van der Waals surface area contributed by atoms with E-state index in [-0.39, 0.29) is 11.8 Å². The second-order valence-corrected chi connectivity index (χ2v) is 6.15. The van der Waals surface area contributed by atoms with Crippen LogP contribution in [0.25, 0.3) is 0 Å². The van der Waals surface area contributed by atoms with Gasteiger partial charge in [-0.25, -0.2) is 0 Å². The SMILES string of the molecule is COC1CCCCC1Nc1ccc(NC(=O)C2CC2)cc1. The monoisotopic (exact) mass is 288 g/mol. The molecule has 0 saturated heterocycles. The number of hydrogen-bond acceptors (Lipinski definition) is 3. The number of carbonyl (C=O) groups is 1. The Hall–Kier alpha value is -1.55. The predicted molar refractivity (Wildman–Crippen MR) is 84.5 cm³/mol. The molecule has 2 aliphatic rings. The molecule has 0 aliphatic heterocycles. The average molecular weight is 288 g/mol. The number of anilines is 2. The van der Waals surface area contributed by atoms with E-state index in [0.29, 0.717) is 12.1 Å². The Bertz CT molecular complexity index is 482. The van der Waals surface area contributed by atoms with Gasteiger partial charge in [0.25, 0.3) is 0 Å². The summed E-state index contributed by atoms with van der Waals surface area (Å²) < 4.78 is 5.57. The van der Waals surface area contributed by atoms with Crippen molar-refractivity contribution in [1.29, 1.82) is 0 Å². The van der Waals surface area contributed by atoms with Crippen LogP contribution in [-0.4, -0.2) is 25.2 Å². The van der Waals surface area contributed by atoms with Crippen molar-refractivity contribution in [3.05, 3.63) is 24.3 Å². The second kappa shape index (κ2) is 6.48. The minimum atomic E-state index is 0.155. The Balaban J connectivity index is 1.57. The van der Waals surface area contributed by atoms with E-state index in [4.69, 9.17) is 4.74 Å². The molecule has 2 fully saturated rings. The molecule has 4 heteroatoms. The average Bonchev–Trinajstić information content (AvgIpc) is 3.34. The number of rotatable bonds is 5. The summed E-state index contributed by atoms with van der Waals surface area (Å²) in [4.78, 5) is 11.7. The summed E-state index contributed by atoms with van der Waals surface area (Å²) in [7, 11) is 1.79. The first kappa shape index (κ1) is 14.4. The molecule has 2 saturated carbocycles. The molecule has 21 heavy (non-hydrogen) atoms. The molecule has 0 aromatic heterocycles. The minimum Gasteiger partial charge on any atom is -0.380 e. The maximum absolute atomic E-state index is 11.7. The lowest BCUT2D eigenvalue weighted by Gasteiger charge is -2.31. The van der Waals surface area contributed by atoms with Crippen molar-refractivity contribution in [2.75, 3.05) is 17.7 Å². The van der Waals surface area contributed by atoms with Gasteiger partial charge in [-0.2, -0.15) is 0 Å². The van der Waals surface area contributed by atoms with Crippen molar-refractivity contribution in [2.45, 2.75) is 50.7 Å². The highest BCUT2D eigenvalue weighted by Gasteiger charge is 2.29. The highest BCUT2D eigenvalue weighted by atomic mass is 16.5. The molecule has 0 heterocycles. The fraction of sp³-hybridized carbons (Fsp3) is 0.588. The highest BCUT2D eigenvalue weighted by Crippen LogP contribution is 2.30. The normalized spacial score (nSPS) is 25.4. The van der Waals surface area contributed by atoms with E-state index >= 15 is 0 Å². The van der Waals surface area contributed by atoms with E-state index in [2.05, 4.69) is 10.6 Å². The van der Waals surface area contributed by atoms with Gasteiger partial charge in [-0.15, -0.1) is 0 Å². The zero-order valence-corrected chi connectivity index (χ0v) is 12.6. The molecule has 3 rings (SSSR count). The first-order chi connectivity index (χ1) is 10.3. The van der Waals surface area contributed by atoms with Crippen LogP contribution in [0.5, 0.6) is 0 Å². The number of methoxy groups -OCH3 is 1. The second-order valence-electron chi connectivity index (χ2n) is 6.15. The lowest BCUT2D eigenvalue weighted by molar-refractivity contribution is -0.117. The standard InChI is InChI=1S/C17H24N2O2/c1-21-16-5-3-2-4-15(16)18-13-8-10-14(11-9-13)19-17(20)12-6-7-12/h8-12,15-16,18H,2-7H2,1H3,(H,19,20). The summed E-state index contributed by atoms with van der Waals surface area (Å²) in [5.41, 5.74) is 1.97. The zero-order chi connectivity index (χ0) is 14.7. The molecule has 2 aliphatic carbocycles. The number of benzene rings is 1. The Labute approximate surface area is 126 Å². The number of ether oxygens (including phenoxy) is 1. The van der Waals surface area contributed by atoms with Crippen LogP contribution in [0, 0.1) is 5.92 Å². The third-order valence-corrected chi connectivity index (χ3v) is 4.46. The van der Waals surface area contributed by atoms with Gasteiger partial charge in [0, 0.05) is 24.4 Å². The lowest BCUT2D eigenvalue weighted by atomic mass is 9.92. The van der Waals surface area contributed by atoms with Crippen LogP contribution >= 0.6 is 0 Å². The van der Waals surface area contributed by atoms with Crippen LogP contribution in [0.3, 0.4) is 0 Å². The van der Waals surface area contributed by atoms with Gasteiger partial charge in [-0.3, -0.25) is 4.79 Å². The Morgan fingerprint density at radius 2 is 1.71 bits per heavy atom. The van der Waals surface area contributed by atoms with Gasteiger partial charge < -0.3 is 15.4 Å². The molecule has 0 radical (unpaired) electrons. The predicted octanol–water partition coefficient (Wildman–Crippen LogP) is 3.40. The molecule has 2 atom stereocenters. The summed E-state index contributed by atoms with van der Waals surface area (Å²) >= 11 is 0. The minimum absolute atomic E-state index is 0.155. The third kappa shape index (κ3) is 3.76. The van der Waals surface area contributed by atoms with Crippen molar-refractivity contribution < 1.29 is 9.53 Å². The molecule has 0 bridgehead atoms. The van der Waals surface area contributed by atoms with E-state index in [9.17, 15) is 4.79 Å². The molecule has 1 aromatic carbocycles. The zero-order valence-electron chi connectivity index (χ0n) is 12.6. The van der Waals surface area contributed by atoms with Crippen molar-refractivity contribution >= 4 is 17.3 Å². The maximum atomic E-state index is 11.7. The van der Waals surface area contributed by atoms with Crippen LogP contribution < -0.4 is 10.6 Å². The molecule has 114 valence electrons. The van der Waals surface area contributed by atoms with Gasteiger partial charge in [0.1, 0.15) is 0 Å². The van der Waals surface area contributed by atoms with Gasteiger partial charge in [0.15, 0.2) is 0 Å². The molecule has 1 aromatic rings. The molecule has 2 unspecified atom stereocenters. The third-order valence-electron chi connectivity index (χ3n) is 4.46. The fourth-order valence-electron chi connectivity index (χ4n) is 3.00. The molecular formula is C17H24N2O2. The summed E-state index contributed by atoms with van der Waals surface area (Å²) in [6, 6.07) is 8.38. The molecular weight excluding hydrogens is 264 g/mol. The van der Waals surface area contributed by atoms with Crippen molar-refractivity contribution in [3.8, 4) is 0 Å². The van der Waals surface area contributed by atoms with Gasteiger partial charge >= 0.3 is 0 Å². The maximum Gasteiger partial charge on any atom is 0.227 e. The lowest BCUT2D eigenvalue weighted by Crippen LogP contribution is -2.37. The van der Waals surface area contributed by atoms with Gasteiger partial charge in [-0.1, -0.05) is 12.8 Å². The number of amides is 1. The van der Waals surface area contributed by atoms with E-state index < -0.39 is 0 Å². The summed E-state index contributed by atoms with van der Waals surface area (Å²) in [6.07, 6.45) is 7.16. The topological polar surface area (TPSA) is 50.4 Å². The molecule has 1 amide bonds. The number of carbonyl (C=O) groups excluding carboxylic acids is 1. The van der Waals surface area contributed by atoms with Crippen molar-refractivity contribution in [2.24, 2.45) is 5.92 Å². The van der Waals surface area contributed by atoms with E-state index in [1.54, 1.807) is 7.11 Å². The quantitative estimate of drug-likeness (QED) is 0.873. The van der Waals surface area contributed by atoms with Crippen LogP contribution in [0.15, 0.2) is 24.3 Å². The van der Waals surface area contributed by atoms with Gasteiger partial charge in [0.05, 0.1) is 12.1 Å². The summed E-state index contributed by atoms with van der Waals surface area (Å²) in [5.74, 6) is 0.398. The molecule has 4 nitrogen and oxygen atoms in total. The van der Waals surface area contributed by atoms with Crippen LogP contribution in [0.2, 0.25) is 0 Å². The molecule has 2 N–H and O–H groups in total. The van der Waals surface area contributed by atoms with Crippen LogP contribution in [0.1, 0.15) is 38.5 Å². The van der Waals surface area contributed by atoms with Gasteiger partial charge in [0.2, 0.25) is 5.91 Å². The van der Waals surface area contributed by atoms with E-state index in [0.717, 1.165) is 37.1 Å². The highest BCUT2D eigenvalue weighted by molar-refractivity contribution is 5.94.